The van der Waals surface area contributed by atoms with Gasteiger partial charge in [-0.25, -0.2) is 0 Å². The summed E-state index contributed by atoms with van der Waals surface area (Å²) < 4.78 is 10.8. The van der Waals surface area contributed by atoms with E-state index in [9.17, 15) is 4.79 Å². The van der Waals surface area contributed by atoms with E-state index in [1.54, 1.807) is 11.3 Å². The first-order valence-electron chi connectivity index (χ1n) is 5.87. The maximum Gasteiger partial charge on any atom is 0.225 e. The Balaban J connectivity index is 1.59. The van der Waals surface area contributed by atoms with Crippen LogP contribution in [-0.2, 0) is 20.7 Å². The molecule has 1 fully saturated rings. The minimum atomic E-state index is -0.147. The molecule has 1 saturated heterocycles. The van der Waals surface area contributed by atoms with E-state index < -0.39 is 0 Å². The smallest absolute Gasteiger partial charge is 0.225 e. The summed E-state index contributed by atoms with van der Waals surface area (Å²) in [6.45, 7) is 2.12. The number of amides is 1. The van der Waals surface area contributed by atoms with Gasteiger partial charge in [0, 0.05) is 17.8 Å². The Morgan fingerprint density at radius 1 is 1.47 bits per heavy atom. The average Bonchev–Trinajstić information content (AvgIpc) is 2.83. The number of hydrogen-bond acceptors (Lipinski definition) is 4. The number of rotatable bonds is 5. The molecule has 1 amide bonds. The molecule has 1 aromatic heterocycles. The SMILES string of the molecule is O=C(Cc1cccs1)NCCC1OCCCO1. The Morgan fingerprint density at radius 2 is 2.29 bits per heavy atom. The zero-order valence-corrected chi connectivity index (χ0v) is 10.5. The van der Waals surface area contributed by atoms with Gasteiger partial charge in [0.1, 0.15) is 0 Å². The summed E-state index contributed by atoms with van der Waals surface area (Å²) in [7, 11) is 0. The zero-order valence-electron chi connectivity index (χ0n) is 9.69. The number of ether oxygens (including phenoxy) is 2. The van der Waals surface area contributed by atoms with E-state index in [4.69, 9.17) is 9.47 Å². The highest BCUT2D eigenvalue weighted by Gasteiger charge is 2.14. The lowest BCUT2D eigenvalue weighted by atomic mass is 10.3. The van der Waals surface area contributed by atoms with Crippen LogP contribution < -0.4 is 5.32 Å². The first-order chi connectivity index (χ1) is 8.34. The maximum atomic E-state index is 11.6. The van der Waals surface area contributed by atoms with Crippen LogP contribution >= 0.6 is 11.3 Å². The predicted molar refractivity (Wildman–Crippen MR) is 66.0 cm³/mol. The van der Waals surface area contributed by atoms with Crippen molar-refractivity contribution in [2.24, 2.45) is 0 Å². The molecule has 1 aliphatic rings. The van der Waals surface area contributed by atoms with Crippen molar-refractivity contribution in [1.82, 2.24) is 5.32 Å². The van der Waals surface area contributed by atoms with Gasteiger partial charge in [-0.1, -0.05) is 6.07 Å². The molecule has 0 aliphatic carbocycles. The van der Waals surface area contributed by atoms with Crippen molar-refractivity contribution >= 4 is 17.2 Å². The summed E-state index contributed by atoms with van der Waals surface area (Å²) in [5, 5.41) is 4.85. The van der Waals surface area contributed by atoms with E-state index in [0.29, 0.717) is 13.0 Å². The molecule has 0 radical (unpaired) electrons. The van der Waals surface area contributed by atoms with Crippen molar-refractivity contribution in [2.75, 3.05) is 19.8 Å². The van der Waals surface area contributed by atoms with Gasteiger partial charge in [-0.3, -0.25) is 4.79 Å². The van der Waals surface area contributed by atoms with Crippen molar-refractivity contribution in [1.29, 1.82) is 0 Å². The van der Waals surface area contributed by atoms with Crippen LogP contribution in [0.4, 0.5) is 0 Å². The number of carbonyl (C=O) groups is 1. The highest BCUT2D eigenvalue weighted by molar-refractivity contribution is 7.10. The number of thiophene rings is 1. The number of carbonyl (C=O) groups excluding carboxylic acids is 1. The Morgan fingerprint density at radius 3 is 3.00 bits per heavy atom. The van der Waals surface area contributed by atoms with Gasteiger partial charge in [0.2, 0.25) is 5.91 Å². The average molecular weight is 255 g/mol. The van der Waals surface area contributed by atoms with Gasteiger partial charge in [0.05, 0.1) is 19.6 Å². The zero-order chi connectivity index (χ0) is 11.9. The summed E-state index contributed by atoms with van der Waals surface area (Å²) >= 11 is 1.60. The molecule has 1 aromatic rings. The van der Waals surface area contributed by atoms with Crippen molar-refractivity contribution in [2.45, 2.75) is 25.6 Å². The second-order valence-corrected chi connectivity index (χ2v) is 4.95. The fraction of sp³-hybridized carbons (Fsp3) is 0.583. The van der Waals surface area contributed by atoms with Crippen molar-refractivity contribution in [3.63, 3.8) is 0 Å². The van der Waals surface area contributed by atoms with E-state index in [1.807, 2.05) is 17.5 Å². The second kappa shape index (κ2) is 6.74. The molecule has 2 heterocycles. The normalized spacial score (nSPS) is 16.9. The quantitative estimate of drug-likeness (QED) is 0.868. The first kappa shape index (κ1) is 12.5. The summed E-state index contributed by atoms with van der Waals surface area (Å²) in [5.74, 6) is 0.0586. The molecule has 0 saturated carbocycles. The highest BCUT2D eigenvalue weighted by atomic mass is 32.1. The number of hydrogen-bond donors (Lipinski definition) is 1. The Hall–Kier alpha value is -0.910. The van der Waals surface area contributed by atoms with Crippen molar-refractivity contribution in [3.8, 4) is 0 Å². The molecule has 17 heavy (non-hydrogen) atoms. The molecule has 0 aromatic carbocycles. The topological polar surface area (TPSA) is 47.6 Å². The highest BCUT2D eigenvalue weighted by Crippen LogP contribution is 2.09. The molecule has 94 valence electrons. The first-order valence-corrected chi connectivity index (χ1v) is 6.75. The van der Waals surface area contributed by atoms with Crippen molar-refractivity contribution < 1.29 is 14.3 Å². The third-order valence-electron chi connectivity index (χ3n) is 2.51. The molecule has 4 nitrogen and oxygen atoms in total. The van der Waals surface area contributed by atoms with Crippen LogP contribution in [0.3, 0.4) is 0 Å². The van der Waals surface area contributed by atoms with E-state index in [1.165, 1.54) is 0 Å². The monoisotopic (exact) mass is 255 g/mol. The summed E-state index contributed by atoms with van der Waals surface area (Å²) in [5.41, 5.74) is 0. The molecular formula is C12H17NO3S. The van der Waals surface area contributed by atoms with E-state index in [-0.39, 0.29) is 12.2 Å². The minimum Gasteiger partial charge on any atom is -0.356 e. The Bertz CT molecular complexity index is 334. The van der Waals surface area contributed by atoms with E-state index in [0.717, 1.165) is 30.9 Å². The molecule has 1 N–H and O–H groups in total. The van der Waals surface area contributed by atoms with Gasteiger partial charge in [0.25, 0.3) is 0 Å². The molecular weight excluding hydrogens is 238 g/mol. The second-order valence-electron chi connectivity index (χ2n) is 3.92. The fourth-order valence-corrected chi connectivity index (χ4v) is 2.37. The van der Waals surface area contributed by atoms with E-state index >= 15 is 0 Å². The van der Waals surface area contributed by atoms with Crippen LogP contribution in [-0.4, -0.2) is 32.0 Å². The van der Waals surface area contributed by atoms with Gasteiger partial charge < -0.3 is 14.8 Å². The van der Waals surface area contributed by atoms with Crippen LogP contribution in [0, 0.1) is 0 Å². The largest absolute Gasteiger partial charge is 0.356 e. The molecule has 5 heteroatoms. The molecule has 0 unspecified atom stereocenters. The summed E-state index contributed by atoms with van der Waals surface area (Å²) in [4.78, 5) is 12.7. The lowest BCUT2D eigenvalue weighted by Crippen LogP contribution is -2.32. The van der Waals surface area contributed by atoms with Gasteiger partial charge in [0.15, 0.2) is 6.29 Å². The predicted octanol–water partition coefficient (Wildman–Crippen LogP) is 1.56. The maximum absolute atomic E-state index is 11.6. The lowest BCUT2D eigenvalue weighted by Gasteiger charge is -2.23. The van der Waals surface area contributed by atoms with E-state index in [2.05, 4.69) is 5.32 Å². The standard InChI is InChI=1S/C12H17NO3S/c14-11(9-10-3-1-8-17-10)13-5-4-12-15-6-2-7-16-12/h1,3,8,12H,2,4-7,9H2,(H,13,14). The Kier molecular flexibility index (Phi) is 4.97. The lowest BCUT2D eigenvalue weighted by molar-refractivity contribution is -0.180. The fourth-order valence-electron chi connectivity index (χ4n) is 1.67. The molecule has 0 atom stereocenters. The summed E-state index contributed by atoms with van der Waals surface area (Å²) in [6.07, 6.45) is 1.99. The van der Waals surface area contributed by atoms with Crippen LogP contribution in [0.15, 0.2) is 17.5 Å². The van der Waals surface area contributed by atoms with Crippen LogP contribution in [0.5, 0.6) is 0 Å². The van der Waals surface area contributed by atoms with Gasteiger partial charge in [-0.15, -0.1) is 11.3 Å². The third-order valence-corrected chi connectivity index (χ3v) is 3.39. The molecule has 0 bridgehead atoms. The Labute approximate surface area is 105 Å². The molecule has 0 spiro atoms. The van der Waals surface area contributed by atoms with Gasteiger partial charge in [-0.05, 0) is 17.9 Å². The summed E-state index contributed by atoms with van der Waals surface area (Å²) in [6, 6.07) is 3.93. The molecule has 2 rings (SSSR count). The third kappa shape index (κ3) is 4.46. The minimum absolute atomic E-state index is 0.0586. The van der Waals surface area contributed by atoms with Crippen molar-refractivity contribution in [3.05, 3.63) is 22.4 Å². The number of nitrogens with one attached hydrogen (secondary N) is 1. The van der Waals surface area contributed by atoms with Crippen LogP contribution in [0.25, 0.3) is 0 Å². The van der Waals surface area contributed by atoms with Crippen LogP contribution in [0.2, 0.25) is 0 Å². The van der Waals surface area contributed by atoms with Gasteiger partial charge >= 0.3 is 0 Å². The van der Waals surface area contributed by atoms with Gasteiger partial charge in [-0.2, -0.15) is 0 Å². The molecule has 1 aliphatic heterocycles. The van der Waals surface area contributed by atoms with Crippen LogP contribution in [0.1, 0.15) is 17.7 Å².